The van der Waals surface area contributed by atoms with Crippen LogP contribution in [-0.4, -0.2) is 19.7 Å². The molecule has 0 unspecified atom stereocenters. The van der Waals surface area contributed by atoms with Gasteiger partial charge in [-0.25, -0.2) is 0 Å². The van der Waals surface area contributed by atoms with Crippen LogP contribution in [0.25, 0.3) is 0 Å². The first-order valence-electron chi connectivity index (χ1n) is 7.36. The molecule has 0 spiro atoms. The Morgan fingerprint density at radius 1 is 1.16 bits per heavy atom. The molecule has 2 atom stereocenters. The fourth-order valence-electron chi connectivity index (χ4n) is 3.22. The first-order chi connectivity index (χ1) is 9.33. The highest BCUT2D eigenvalue weighted by molar-refractivity contribution is 9.10. The number of benzene rings is 1. The summed E-state index contributed by atoms with van der Waals surface area (Å²) in [6, 6.07) is 8.41. The zero-order chi connectivity index (χ0) is 13.1. The van der Waals surface area contributed by atoms with Gasteiger partial charge in [-0.2, -0.15) is 0 Å². The van der Waals surface area contributed by atoms with E-state index >= 15 is 0 Å². The highest BCUT2D eigenvalue weighted by atomic mass is 79.9. The van der Waals surface area contributed by atoms with Gasteiger partial charge in [0.05, 0.1) is 13.2 Å². The Kier molecular flexibility index (Phi) is 4.57. The topological polar surface area (TPSA) is 21.3 Å². The van der Waals surface area contributed by atoms with Crippen molar-refractivity contribution in [3.05, 3.63) is 34.3 Å². The third kappa shape index (κ3) is 3.80. The van der Waals surface area contributed by atoms with Gasteiger partial charge in [0.15, 0.2) is 0 Å². The monoisotopic (exact) mass is 323 g/mol. The van der Waals surface area contributed by atoms with E-state index < -0.39 is 0 Å². The van der Waals surface area contributed by atoms with Crippen LogP contribution in [0, 0.1) is 17.8 Å². The minimum Gasteiger partial charge on any atom is -0.376 e. The largest absolute Gasteiger partial charge is 0.376 e. The quantitative estimate of drug-likeness (QED) is 0.893. The summed E-state index contributed by atoms with van der Waals surface area (Å²) in [6.07, 6.45) is 4.13. The lowest BCUT2D eigenvalue weighted by Gasteiger charge is -2.22. The Balaban J connectivity index is 1.36. The van der Waals surface area contributed by atoms with Crippen LogP contribution in [0.15, 0.2) is 28.7 Å². The molecule has 0 bridgehead atoms. The molecule has 1 heterocycles. The van der Waals surface area contributed by atoms with Crippen LogP contribution < -0.4 is 5.32 Å². The molecular weight excluding hydrogens is 302 g/mol. The fraction of sp³-hybridized carbons (Fsp3) is 0.625. The molecule has 1 saturated carbocycles. The van der Waals surface area contributed by atoms with Crippen LogP contribution in [0.2, 0.25) is 0 Å². The summed E-state index contributed by atoms with van der Waals surface area (Å²) < 4.78 is 7.00. The fourth-order valence-corrected chi connectivity index (χ4v) is 3.49. The van der Waals surface area contributed by atoms with Gasteiger partial charge in [0, 0.05) is 4.47 Å². The van der Waals surface area contributed by atoms with Gasteiger partial charge in [0.25, 0.3) is 0 Å². The highest BCUT2D eigenvalue weighted by Gasteiger charge is 2.42. The van der Waals surface area contributed by atoms with E-state index in [0.717, 1.165) is 35.4 Å². The molecule has 19 heavy (non-hydrogen) atoms. The standard InChI is InChI=1S/C16H22BrNO/c17-15-3-1-12(2-4-15)10-19-11-14-9-16(14)13-5-7-18-8-6-13/h1-4,13-14,16,18H,5-11H2/t14-,16+/m0/s1. The molecule has 1 aliphatic carbocycles. The number of rotatable bonds is 5. The Labute approximate surface area is 124 Å². The average Bonchev–Trinajstić information content (AvgIpc) is 3.22. The van der Waals surface area contributed by atoms with E-state index in [1.807, 2.05) is 0 Å². The van der Waals surface area contributed by atoms with Gasteiger partial charge in [-0.15, -0.1) is 0 Å². The molecule has 1 N–H and O–H groups in total. The second-order valence-corrected chi connectivity index (χ2v) is 6.80. The van der Waals surface area contributed by atoms with Crippen molar-refractivity contribution < 1.29 is 4.74 Å². The summed E-state index contributed by atoms with van der Waals surface area (Å²) in [5.74, 6) is 2.74. The maximum atomic E-state index is 5.87. The molecule has 1 aromatic rings. The Hall–Kier alpha value is -0.380. The molecule has 0 aromatic heterocycles. The number of ether oxygens (including phenoxy) is 1. The van der Waals surface area contributed by atoms with E-state index in [4.69, 9.17) is 4.74 Å². The predicted molar refractivity (Wildman–Crippen MR) is 81.0 cm³/mol. The van der Waals surface area contributed by atoms with Crippen molar-refractivity contribution in [2.45, 2.75) is 25.9 Å². The van der Waals surface area contributed by atoms with Crippen LogP contribution in [-0.2, 0) is 11.3 Å². The molecule has 3 heteroatoms. The molecule has 1 saturated heterocycles. The first-order valence-corrected chi connectivity index (χ1v) is 8.15. The first kappa shape index (κ1) is 13.6. The molecule has 2 fully saturated rings. The summed E-state index contributed by atoms with van der Waals surface area (Å²) in [7, 11) is 0. The molecule has 1 aromatic carbocycles. The van der Waals surface area contributed by atoms with E-state index in [1.54, 1.807) is 0 Å². The number of piperidine rings is 1. The lowest BCUT2D eigenvalue weighted by Crippen LogP contribution is -2.29. The molecule has 0 amide bonds. The van der Waals surface area contributed by atoms with Gasteiger partial charge >= 0.3 is 0 Å². The van der Waals surface area contributed by atoms with Crippen molar-refractivity contribution in [3.8, 4) is 0 Å². The maximum Gasteiger partial charge on any atom is 0.0717 e. The number of hydrogen-bond donors (Lipinski definition) is 1. The molecule has 2 aliphatic rings. The number of hydrogen-bond acceptors (Lipinski definition) is 2. The van der Waals surface area contributed by atoms with E-state index in [1.165, 1.54) is 37.9 Å². The predicted octanol–water partition coefficient (Wildman–Crippen LogP) is 3.60. The summed E-state index contributed by atoms with van der Waals surface area (Å²) in [6.45, 7) is 4.13. The van der Waals surface area contributed by atoms with E-state index in [2.05, 4.69) is 45.5 Å². The third-order valence-electron chi connectivity index (χ3n) is 4.48. The average molecular weight is 324 g/mol. The summed E-state index contributed by atoms with van der Waals surface area (Å²) >= 11 is 3.45. The Bertz CT molecular complexity index is 400. The SMILES string of the molecule is Brc1ccc(COC[C@@H]2C[C@@H]2C2CCNCC2)cc1. The van der Waals surface area contributed by atoms with E-state index in [0.29, 0.717) is 0 Å². The van der Waals surface area contributed by atoms with Crippen molar-refractivity contribution in [3.63, 3.8) is 0 Å². The van der Waals surface area contributed by atoms with Gasteiger partial charge in [0.1, 0.15) is 0 Å². The van der Waals surface area contributed by atoms with Gasteiger partial charge in [-0.1, -0.05) is 28.1 Å². The minimum atomic E-state index is 0.753. The van der Waals surface area contributed by atoms with Crippen molar-refractivity contribution in [2.24, 2.45) is 17.8 Å². The van der Waals surface area contributed by atoms with Crippen LogP contribution in [0.3, 0.4) is 0 Å². The Morgan fingerprint density at radius 2 is 1.89 bits per heavy atom. The smallest absolute Gasteiger partial charge is 0.0717 e. The van der Waals surface area contributed by atoms with Crippen molar-refractivity contribution >= 4 is 15.9 Å². The lowest BCUT2D eigenvalue weighted by molar-refractivity contribution is 0.104. The van der Waals surface area contributed by atoms with Gasteiger partial charge in [-0.05, 0) is 67.8 Å². The van der Waals surface area contributed by atoms with Crippen molar-refractivity contribution in [1.29, 1.82) is 0 Å². The minimum absolute atomic E-state index is 0.753. The van der Waals surface area contributed by atoms with Gasteiger partial charge in [0.2, 0.25) is 0 Å². The molecule has 3 rings (SSSR count). The van der Waals surface area contributed by atoms with Crippen molar-refractivity contribution in [2.75, 3.05) is 19.7 Å². The summed E-state index contributed by atoms with van der Waals surface area (Å²) in [4.78, 5) is 0. The second kappa shape index (κ2) is 6.38. The maximum absolute atomic E-state index is 5.87. The molecular formula is C16H22BrNO. The van der Waals surface area contributed by atoms with Crippen LogP contribution in [0.1, 0.15) is 24.8 Å². The third-order valence-corrected chi connectivity index (χ3v) is 5.01. The van der Waals surface area contributed by atoms with Gasteiger partial charge < -0.3 is 10.1 Å². The number of halogens is 1. The molecule has 2 nitrogen and oxygen atoms in total. The lowest BCUT2D eigenvalue weighted by atomic mass is 9.92. The zero-order valence-electron chi connectivity index (χ0n) is 11.3. The van der Waals surface area contributed by atoms with Crippen LogP contribution in [0.5, 0.6) is 0 Å². The van der Waals surface area contributed by atoms with Crippen molar-refractivity contribution in [1.82, 2.24) is 5.32 Å². The zero-order valence-corrected chi connectivity index (χ0v) is 12.9. The van der Waals surface area contributed by atoms with Gasteiger partial charge in [-0.3, -0.25) is 0 Å². The van der Waals surface area contributed by atoms with Crippen LogP contribution >= 0.6 is 15.9 Å². The molecule has 104 valence electrons. The molecule has 1 aliphatic heterocycles. The summed E-state index contributed by atoms with van der Waals surface area (Å²) in [5.41, 5.74) is 1.27. The highest BCUT2D eigenvalue weighted by Crippen LogP contribution is 2.47. The number of nitrogens with one attached hydrogen (secondary N) is 1. The Morgan fingerprint density at radius 3 is 2.63 bits per heavy atom. The molecule has 0 radical (unpaired) electrons. The van der Waals surface area contributed by atoms with E-state index in [9.17, 15) is 0 Å². The van der Waals surface area contributed by atoms with Crippen LogP contribution in [0.4, 0.5) is 0 Å². The normalized spacial score (nSPS) is 27.4. The second-order valence-electron chi connectivity index (χ2n) is 5.89. The van der Waals surface area contributed by atoms with E-state index in [-0.39, 0.29) is 0 Å². The summed E-state index contributed by atoms with van der Waals surface area (Å²) in [5, 5.41) is 3.45.